The maximum absolute atomic E-state index is 5.55. The molecule has 0 aliphatic rings. The van der Waals surface area contributed by atoms with Crippen molar-refractivity contribution < 1.29 is 4.42 Å². The molecule has 0 amide bonds. The summed E-state index contributed by atoms with van der Waals surface area (Å²) in [5.41, 5.74) is 15.6. The summed E-state index contributed by atoms with van der Waals surface area (Å²) in [6.45, 7) is 25.6. The molecule has 0 N–H and O–H groups in total. The second-order valence-corrected chi connectivity index (χ2v) is 32.3. The lowest BCUT2D eigenvalue weighted by Gasteiger charge is -2.06. The van der Waals surface area contributed by atoms with E-state index in [9.17, 15) is 0 Å². The van der Waals surface area contributed by atoms with Crippen molar-refractivity contribution >= 4 is 162 Å². The lowest BCUT2D eigenvalue weighted by atomic mass is 9.98. The van der Waals surface area contributed by atoms with Gasteiger partial charge in [-0.25, -0.2) is 0 Å². The van der Waals surface area contributed by atoms with Crippen LogP contribution in [0.25, 0.3) is 162 Å². The van der Waals surface area contributed by atoms with E-state index in [4.69, 9.17) is 4.42 Å². The lowest BCUT2D eigenvalue weighted by molar-refractivity contribution is 0.576. The molecular formula is C118H100O. The third-order valence-corrected chi connectivity index (χ3v) is 23.1. The van der Waals surface area contributed by atoms with Crippen molar-refractivity contribution in [3.8, 4) is 0 Å². The first-order valence-electron chi connectivity index (χ1n) is 41.6. The number of benzene rings is 22. The molecule has 0 fully saturated rings. The molecule has 0 unspecified atom stereocenters. The molecule has 0 saturated carbocycles. The fourth-order valence-electron chi connectivity index (χ4n) is 17.2. The smallest absolute Gasteiger partial charge is 0.137 e. The molecule has 23 aromatic rings. The van der Waals surface area contributed by atoms with E-state index < -0.39 is 0 Å². The standard InChI is InChI=1S/2C16H14.5C15H12.C11H12O/c2*1-11-7-12(2)16-10-14-6-4-3-5-13(14)9-15(16)8-11;1-11-10-12-6-2-3-8-14(12)15-9-5-4-7-13(11)15;1-11-5-4-8-14-9-12-6-2-3-7-13(12)10-15(11)14;1-11-5-4-8-15-13(11)10-9-12-6-2-3-7-14(12)15;1-11-6-9-15-13(10-11)8-7-12-4-2-3-5-14(12)15;1-11-6-7-14-9-12-4-2-3-5-13(12)10-15(14)8-11;1-7-4-8(2)11-10(5-7)6-9(3)12-11/h2*3-10H,1-2H3;5*2-10H,1H3;4-6H,1-3H3. The molecule has 0 spiro atoms. The topological polar surface area (TPSA) is 13.1 Å². The molecule has 119 heavy (non-hydrogen) atoms. The van der Waals surface area contributed by atoms with E-state index in [1.807, 2.05) is 6.92 Å². The Bertz CT molecular complexity index is 7500. The lowest BCUT2D eigenvalue weighted by Crippen LogP contribution is -1.82. The Labute approximate surface area is 699 Å². The number of hydrogen-bond donors (Lipinski definition) is 0. The van der Waals surface area contributed by atoms with Gasteiger partial charge in [-0.2, -0.15) is 0 Å². The van der Waals surface area contributed by atoms with Gasteiger partial charge in [0.1, 0.15) is 11.3 Å². The highest BCUT2D eigenvalue weighted by Gasteiger charge is 2.09. The summed E-state index contributed by atoms with van der Waals surface area (Å²) in [4.78, 5) is 0. The van der Waals surface area contributed by atoms with Crippen LogP contribution in [0.5, 0.6) is 0 Å². The Morgan fingerprint density at radius 2 is 0.395 bits per heavy atom. The SMILES string of the molecule is Cc1cc(C)c2cc3ccccc3cc2c1.Cc1cc(C)c2cc3ccccc3cc2c1.Cc1cc(C)c2oc(C)cc2c1.Cc1cc2ccccc2c2ccccc12.Cc1ccc2c(ccc3ccccc32)c1.Cc1ccc2cc3ccccc3cc2c1.Cc1cccc2c1ccc1ccccc12.Cc1cccc2cc3ccccc3cc12. The summed E-state index contributed by atoms with van der Waals surface area (Å²) in [6.07, 6.45) is 0. The van der Waals surface area contributed by atoms with Crippen LogP contribution < -0.4 is 0 Å². The molecule has 0 aliphatic heterocycles. The van der Waals surface area contributed by atoms with Crippen LogP contribution in [0.1, 0.15) is 67.0 Å². The van der Waals surface area contributed by atoms with E-state index in [1.54, 1.807) is 0 Å². The third-order valence-electron chi connectivity index (χ3n) is 23.1. The minimum Gasteiger partial charge on any atom is -0.461 e. The molecule has 1 aromatic heterocycles. The van der Waals surface area contributed by atoms with Gasteiger partial charge in [0.15, 0.2) is 0 Å². The first-order chi connectivity index (χ1) is 57.9. The fraction of sp³-hybridized carbons (Fsp3) is 0.102. The minimum absolute atomic E-state index is 0.985. The third kappa shape index (κ3) is 17.9. The van der Waals surface area contributed by atoms with Gasteiger partial charge >= 0.3 is 0 Å². The summed E-state index contributed by atoms with van der Waals surface area (Å²) >= 11 is 0. The highest BCUT2D eigenvalue weighted by atomic mass is 16.3. The normalized spacial score (nSPS) is 11.0. The van der Waals surface area contributed by atoms with Crippen LogP contribution in [0.15, 0.2) is 393 Å². The van der Waals surface area contributed by atoms with Crippen molar-refractivity contribution in [3.05, 3.63) is 455 Å². The van der Waals surface area contributed by atoms with Gasteiger partial charge in [-0.15, -0.1) is 0 Å². The number of aryl methyl sites for hydroxylation is 12. The Morgan fingerprint density at radius 1 is 0.126 bits per heavy atom. The zero-order valence-electron chi connectivity index (χ0n) is 70.4. The minimum atomic E-state index is 0.985. The van der Waals surface area contributed by atoms with E-state index in [1.165, 1.54) is 217 Å². The van der Waals surface area contributed by atoms with E-state index in [0.29, 0.717) is 0 Å². The average molecular weight is 1530 g/mol. The number of fused-ring (bicyclic) bond motifs is 18. The van der Waals surface area contributed by atoms with Gasteiger partial charge in [-0.1, -0.05) is 355 Å². The van der Waals surface area contributed by atoms with Crippen molar-refractivity contribution in [2.45, 2.75) is 83.1 Å². The molecule has 0 bridgehead atoms. The van der Waals surface area contributed by atoms with Gasteiger partial charge in [-0.3, -0.25) is 0 Å². The second-order valence-electron chi connectivity index (χ2n) is 32.3. The van der Waals surface area contributed by atoms with Crippen LogP contribution in [0, 0.1) is 83.1 Å². The van der Waals surface area contributed by atoms with Crippen molar-refractivity contribution in [1.29, 1.82) is 0 Å². The summed E-state index contributed by atoms with van der Waals surface area (Å²) in [6, 6.07) is 139. The van der Waals surface area contributed by atoms with Gasteiger partial charge in [-0.05, 0) is 328 Å². The molecule has 0 aliphatic carbocycles. The van der Waals surface area contributed by atoms with Crippen LogP contribution in [-0.4, -0.2) is 0 Å². The molecule has 1 heteroatoms. The molecule has 578 valence electrons. The largest absolute Gasteiger partial charge is 0.461 e. The van der Waals surface area contributed by atoms with Gasteiger partial charge in [0, 0.05) is 5.39 Å². The van der Waals surface area contributed by atoms with E-state index >= 15 is 0 Å². The Morgan fingerprint density at radius 3 is 0.924 bits per heavy atom. The number of rotatable bonds is 0. The Kier molecular flexibility index (Phi) is 23.4. The van der Waals surface area contributed by atoms with E-state index in [2.05, 4.69) is 464 Å². The second kappa shape index (κ2) is 35.2. The van der Waals surface area contributed by atoms with Crippen LogP contribution in [0.3, 0.4) is 0 Å². The summed E-state index contributed by atoms with van der Waals surface area (Å²) in [5, 5.41) is 38.6. The molecule has 0 saturated heterocycles. The maximum atomic E-state index is 5.55. The van der Waals surface area contributed by atoms with E-state index in [-0.39, 0.29) is 0 Å². The van der Waals surface area contributed by atoms with Crippen LogP contribution >= 0.6 is 0 Å². The highest BCUT2D eigenvalue weighted by molar-refractivity contribution is 6.11. The number of hydrogen-bond acceptors (Lipinski definition) is 1. The van der Waals surface area contributed by atoms with Crippen molar-refractivity contribution in [2.24, 2.45) is 0 Å². The van der Waals surface area contributed by atoms with Crippen molar-refractivity contribution in [1.82, 2.24) is 0 Å². The molecule has 1 heterocycles. The summed E-state index contributed by atoms with van der Waals surface area (Å²) in [7, 11) is 0. The predicted octanol–water partition coefficient (Wildman–Crippen LogP) is 34.1. The Hall–Kier alpha value is -14.0. The van der Waals surface area contributed by atoms with Crippen molar-refractivity contribution in [2.75, 3.05) is 0 Å². The first kappa shape index (κ1) is 78.9. The van der Waals surface area contributed by atoms with Crippen molar-refractivity contribution in [3.63, 3.8) is 0 Å². The van der Waals surface area contributed by atoms with Gasteiger partial charge in [0.05, 0.1) is 0 Å². The fourth-order valence-corrected chi connectivity index (χ4v) is 17.2. The first-order valence-corrected chi connectivity index (χ1v) is 41.6. The van der Waals surface area contributed by atoms with Crippen LogP contribution in [0.2, 0.25) is 0 Å². The molecule has 0 radical (unpaired) electrons. The zero-order chi connectivity index (χ0) is 82.2. The monoisotopic (exact) mass is 1530 g/mol. The molecule has 1 nitrogen and oxygen atoms in total. The van der Waals surface area contributed by atoms with Crippen LogP contribution in [0.4, 0.5) is 0 Å². The quantitative estimate of drug-likeness (QED) is 0.109. The number of furan rings is 1. The Balaban J connectivity index is 0.000000102. The summed E-state index contributed by atoms with van der Waals surface area (Å²) < 4.78 is 5.55. The zero-order valence-corrected chi connectivity index (χ0v) is 70.4. The maximum Gasteiger partial charge on any atom is 0.137 e. The molecule has 23 rings (SSSR count). The summed E-state index contributed by atoms with van der Waals surface area (Å²) in [5.74, 6) is 0.985. The molecule has 22 aromatic carbocycles. The van der Waals surface area contributed by atoms with E-state index in [0.717, 1.165) is 11.3 Å². The predicted molar refractivity (Wildman–Crippen MR) is 523 cm³/mol. The average Bonchev–Trinajstić information content (AvgIpc) is 1.39. The van der Waals surface area contributed by atoms with Crippen LogP contribution in [-0.2, 0) is 0 Å². The van der Waals surface area contributed by atoms with Gasteiger partial charge < -0.3 is 4.42 Å². The van der Waals surface area contributed by atoms with Gasteiger partial charge in [0.2, 0.25) is 0 Å². The molecular weight excluding hydrogens is 1430 g/mol. The molecule has 0 atom stereocenters. The highest BCUT2D eigenvalue weighted by Crippen LogP contribution is 2.34. The van der Waals surface area contributed by atoms with Gasteiger partial charge in [0.25, 0.3) is 0 Å².